The predicted molar refractivity (Wildman–Crippen MR) is 52.9 cm³/mol. The Morgan fingerprint density at radius 3 is 2.42 bits per heavy atom. The summed E-state index contributed by atoms with van der Waals surface area (Å²) in [7, 11) is 0. The van der Waals surface area contributed by atoms with Gasteiger partial charge in [0.15, 0.2) is 0 Å². The Morgan fingerprint density at radius 2 is 2.17 bits per heavy atom. The van der Waals surface area contributed by atoms with Crippen LogP contribution in [0.25, 0.3) is 0 Å². The third-order valence-electron chi connectivity index (χ3n) is 4.53. The van der Waals surface area contributed by atoms with E-state index < -0.39 is 0 Å². The second-order valence-electron chi connectivity index (χ2n) is 4.64. The summed E-state index contributed by atoms with van der Waals surface area (Å²) in [5.74, 6) is 2.88. The summed E-state index contributed by atoms with van der Waals surface area (Å²) >= 11 is 0. The van der Waals surface area contributed by atoms with Crippen molar-refractivity contribution in [2.24, 2.45) is 23.2 Å². The monoisotopic (exact) mass is 164 g/mol. The Labute approximate surface area is 76.1 Å². The molecule has 0 aromatic heterocycles. The van der Waals surface area contributed by atoms with Gasteiger partial charge in [-0.3, -0.25) is 0 Å². The van der Waals surface area contributed by atoms with E-state index in [1.54, 1.807) is 0 Å². The molecule has 0 spiro atoms. The van der Waals surface area contributed by atoms with Crippen LogP contribution in [0, 0.1) is 23.2 Å². The van der Waals surface area contributed by atoms with Crippen molar-refractivity contribution in [2.75, 3.05) is 0 Å². The fourth-order valence-corrected chi connectivity index (χ4v) is 3.50. The van der Waals surface area contributed by atoms with Gasteiger partial charge in [-0.25, -0.2) is 0 Å². The molecule has 0 aliphatic heterocycles. The standard InChI is InChI=1S/C12H20/c1-4-11-9(3)12(11,5-2)10-7-6-8-10/h5,9-11H,2,4,6-8H2,1,3H3. The molecule has 0 nitrogen and oxygen atoms in total. The number of hydrogen-bond donors (Lipinski definition) is 0. The second-order valence-corrected chi connectivity index (χ2v) is 4.64. The predicted octanol–water partition coefficient (Wildman–Crippen LogP) is 3.63. The molecule has 0 heteroatoms. The van der Waals surface area contributed by atoms with Crippen LogP contribution in [0.4, 0.5) is 0 Å². The molecule has 0 N–H and O–H groups in total. The molecule has 2 rings (SSSR count). The molecule has 0 bridgehead atoms. The molecule has 68 valence electrons. The Kier molecular flexibility index (Phi) is 1.82. The summed E-state index contributed by atoms with van der Waals surface area (Å²) in [5.41, 5.74) is 0.576. The second kappa shape index (κ2) is 2.61. The third kappa shape index (κ3) is 0.787. The van der Waals surface area contributed by atoms with E-state index in [0.717, 1.165) is 17.8 Å². The first-order valence-corrected chi connectivity index (χ1v) is 5.41. The van der Waals surface area contributed by atoms with Crippen molar-refractivity contribution in [3.63, 3.8) is 0 Å². The molecule has 0 saturated heterocycles. The average Bonchev–Trinajstić information content (AvgIpc) is 2.54. The molecule has 0 amide bonds. The van der Waals surface area contributed by atoms with Gasteiger partial charge in [0.25, 0.3) is 0 Å². The van der Waals surface area contributed by atoms with E-state index in [-0.39, 0.29) is 0 Å². The Morgan fingerprint density at radius 1 is 1.50 bits per heavy atom. The Balaban J connectivity index is 2.11. The highest BCUT2D eigenvalue weighted by Crippen LogP contribution is 2.69. The maximum absolute atomic E-state index is 4.05. The zero-order valence-corrected chi connectivity index (χ0v) is 8.34. The van der Waals surface area contributed by atoms with Gasteiger partial charge in [0.05, 0.1) is 0 Å². The van der Waals surface area contributed by atoms with Gasteiger partial charge in [-0.15, -0.1) is 6.58 Å². The summed E-state index contributed by atoms with van der Waals surface area (Å²) in [6.07, 6.45) is 8.02. The topological polar surface area (TPSA) is 0 Å². The van der Waals surface area contributed by atoms with Gasteiger partial charge in [-0.05, 0) is 36.0 Å². The van der Waals surface area contributed by atoms with Gasteiger partial charge >= 0.3 is 0 Å². The Bertz CT molecular complexity index is 183. The highest BCUT2D eigenvalue weighted by molar-refractivity contribution is 5.20. The molecule has 2 aliphatic carbocycles. The van der Waals surface area contributed by atoms with Crippen LogP contribution in [0.5, 0.6) is 0 Å². The van der Waals surface area contributed by atoms with Gasteiger partial charge in [0.1, 0.15) is 0 Å². The largest absolute Gasteiger partial charge is 0.102 e. The van der Waals surface area contributed by atoms with Gasteiger partial charge in [-0.1, -0.05) is 32.8 Å². The maximum Gasteiger partial charge on any atom is -0.00331 e. The first-order valence-electron chi connectivity index (χ1n) is 5.41. The van der Waals surface area contributed by atoms with Crippen molar-refractivity contribution in [3.05, 3.63) is 12.7 Å². The van der Waals surface area contributed by atoms with E-state index in [9.17, 15) is 0 Å². The fraction of sp³-hybridized carbons (Fsp3) is 0.833. The minimum absolute atomic E-state index is 0.576. The molecule has 3 unspecified atom stereocenters. The van der Waals surface area contributed by atoms with Crippen molar-refractivity contribution >= 4 is 0 Å². The summed E-state index contributed by atoms with van der Waals surface area (Å²) in [5, 5.41) is 0. The van der Waals surface area contributed by atoms with Crippen LogP contribution in [0.1, 0.15) is 39.5 Å². The minimum Gasteiger partial charge on any atom is -0.102 e. The van der Waals surface area contributed by atoms with Gasteiger partial charge < -0.3 is 0 Å². The summed E-state index contributed by atoms with van der Waals surface area (Å²) in [6.45, 7) is 8.78. The molecular weight excluding hydrogens is 144 g/mol. The maximum atomic E-state index is 4.05. The van der Waals surface area contributed by atoms with Crippen molar-refractivity contribution in [3.8, 4) is 0 Å². The van der Waals surface area contributed by atoms with E-state index in [1.807, 2.05) is 0 Å². The highest BCUT2D eigenvalue weighted by Gasteiger charge is 2.63. The first kappa shape index (κ1) is 8.34. The molecular formula is C12H20. The van der Waals surface area contributed by atoms with E-state index in [0.29, 0.717) is 5.41 Å². The van der Waals surface area contributed by atoms with E-state index in [1.165, 1.54) is 25.7 Å². The lowest BCUT2D eigenvalue weighted by Gasteiger charge is -2.33. The minimum atomic E-state index is 0.576. The summed E-state index contributed by atoms with van der Waals surface area (Å²) in [4.78, 5) is 0. The number of hydrogen-bond acceptors (Lipinski definition) is 0. The van der Waals surface area contributed by atoms with Crippen molar-refractivity contribution in [1.82, 2.24) is 0 Å². The molecule has 2 saturated carbocycles. The van der Waals surface area contributed by atoms with Crippen molar-refractivity contribution < 1.29 is 0 Å². The average molecular weight is 164 g/mol. The van der Waals surface area contributed by atoms with Crippen LogP contribution in [0.3, 0.4) is 0 Å². The van der Waals surface area contributed by atoms with Crippen LogP contribution in [0.15, 0.2) is 12.7 Å². The first-order chi connectivity index (χ1) is 5.77. The van der Waals surface area contributed by atoms with Gasteiger partial charge in [0.2, 0.25) is 0 Å². The van der Waals surface area contributed by atoms with Gasteiger partial charge in [-0.2, -0.15) is 0 Å². The summed E-state index contributed by atoms with van der Waals surface area (Å²) < 4.78 is 0. The normalized spacial score (nSPS) is 46.8. The lowest BCUT2D eigenvalue weighted by atomic mass is 9.71. The number of allylic oxidation sites excluding steroid dienone is 1. The molecule has 0 aromatic carbocycles. The van der Waals surface area contributed by atoms with Gasteiger partial charge in [0, 0.05) is 0 Å². The third-order valence-corrected chi connectivity index (χ3v) is 4.53. The zero-order valence-electron chi connectivity index (χ0n) is 8.34. The van der Waals surface area contributed by atoms with Crippen LogP contribution < -0.4 is 0 Å². The molecule has 2 aliphatic rings. The highest BCUT2D eigenvalue weighted by atomic mass is 14.7. The molecule has 0 heterocycles. The quantitative estimate of drug-likeness (QED) is 0.559. The molecule has 12 heavy (non-hydrogen) atoms. The van der Waals surface area contributed by atoms with E-state index in [2.05, 4.69) is 26.5 Å². The van der Waals surface area contributed by atoms with E-state index >= 15 is 0 Å². The van der Waals surface area contributed by atoms with Crippen LogP contribution in [-0.2, 0) is 0 Å². The molecule has 0 radical (unpaired) electrons. The van der Waals surface area contributed by atoms with Crippen LogP contribution in [0.2, 0.25) is 0 Å². The van der Waals surface area contributed by atoms with Crippen LogP contribution >= 0.6 is 0 Å². The Hall–Kier alpha value is -0.260. The fourth-order valence-electron chi connectivity index (χ4n) is 3.50. The van der Waals surface area contributed by atoms with E-state index in [4.69, 9.17) is 0 Å². The lowest BCUT2D eigenvalue weighted by Crippen LogP contribution is -2.24. The van der Waals surface area contributed by atoms with Crippen molar-refractivity contribution in [1.29, 1.82) is 0 Å². The molecule has 0 aromatic rings. The lowest BCUT2D eigenvalue weighted by molar-refractivity contribution is 0.200. The number of rotatable bonds is 3. The summed E-state index contributed by atoms with van der Waals surface area (Å²) in [6, 6.07) is 0. The van der Waals surface area contributed by atoms with Crippen LogP contribution in [-0.4, -0.2) is 0 Å². The molecule has 3 atom stereocenters. The van der Waals surface area contributed by atoms with Crippen molar-refractivity contribution in [2.45, 2.75) is 39.5 Å². The zero-order chi connectivity index (χ0) is 8.77. The smallest absolute Gasteiger partial charge is 0.00331 e. The SMILES string of the molecule is C=CC1(C2CCC2)C(C)C1CC. The molecule has 2 fully saturated rings.